The molecule has 0 unspecified atom stereocenters. The van der Waals surface area contributed by atoms with E-state index in [9.17, 15) is 9.18 Å². The van der Waals surface area contributed by atoms with Crippen LogP contribution in [0.15, 0.2) is 36.8 Å². The van der Waals surface area contributed by atoms with Gasteiger partial charge in [0.2, 0.25) is 5.82 Å². The van der Waals surface area contributed by atoms with Gasteiger partial charge in [0.05, 0.1) is 25.1 Å². The van der Waals surface area contributed by atoms with Crippen molar-refractivity contribution < 1.29 is 14.3 Å². The van der Waals surface area contributed by atoms with Gasteiger partial charge in [-0.25, -0.2) is 14.1 Å². The second kappa shape index (κ2) is 7.67. The Hall–Kier alpha value is -3.80. The first-order valence-corrected chi connectivity index (χ1v) is 8.52. The zero-order valence-corrected chi connectivity index (χ0v) is 15.3. The first kappa shape index (κ1) is 18.6. The summed E-state index contributed by atoms with van der Waals surface area (Å²) in [5.41, 5.74) is 1.80. The van der Waals surface area contributed by atoms with Crippen LogP contribution in [0.25, 0.3) is 22.9 Å². The van der Waals surface area contributed by atoms with E-state index in [0.717, 1.165) is 4.80 Å². The summed E-state index contributed by atoms with van der Waals surface area (Å²) < 4.78 is 14.9. The highest BCUT2D eigenvalue weighted by molar-refractivity contribution is 6.31. The third kappa shape index (κ3) is 4.21. The number of carboxylic acid groups (broad SMARTS) is 1. The molecule has 29 heavy (non-hydrogen) atoms. The Morgan fingerprint density at radius 2 is 1.90 bits per heavy atom. The van der Waals surface area contributed by atoms with Crippen molar-refractivity contribution in [1.82, 2.24) is 45.2 Å². The van der Waals surface area contributed by atoms with Gasteiger partial charge in [-0.15, -0.1) is 15.3 Å². The van der Waals surface area contributed by atoms with Crippen LogP contribution in [-0.2, 0) is 17.9 Å². The van der Waals surface area contributed by atoms with Crippen molar-refractivity contribution in [1.29, 1.82) is 0 Å². The van der Waals surface area contributed by atoms with E-state index in [0.29, 0.717) is 27.7 Å². The minimum Gasteiger partial charge on any atom is -0.480 e. The van der Waals surface area contributed by atoms with Crippen LogP contribution in [0.1, 0.15) is 5.56 Å². The number of aliphatic carboxylic acids is 1. The fourth-order valence-corrected chi connectivity index (χ4v) is 2.62. The lowest BCUT2D eigenvalue weighted by molar-refractivity contribution is -0.138. The third-order valence-corrected chi connectivity index (χ3v) is 4.12. The first-order valence-electron chi connectivity index (χ1n) is 8.14. The average molecular weight is 416 g/mol. The summed E-state index contributed by atoms with van der Waals surface area (Å²) in [4.78, 5) is 20.1. The highest BCUT2D eigenvalue weighted by Crippen LogP contribution is 2.19. The van der Waals surface area contributed by atoms with Crippen molar-refractivity contribution in [3.8, 4) is 22.9 Å². The molecule has 0 aliphatic rings. The number of aromatic nitrogens is 9. The van der Waals surface area contributed by atoms with Crippen LogP contribution in [0.5, 0.6) is 0 Å². The Morgan fingerprint density at radius 1 is 1.10 bits per heavy atom. The van der Waals surface area contributed by atoms with Gasteiger partial charge in [-0.1, -0.05) is 16.8 Å². The molecule has 0 atom stereocenters. The minimum absolute atomic E-state index is 0.148. The number of benzene rings is 1. The summed E-state index contributed by atoms with van der Waals surface area (Å²) in [5.74, 6) is -1.33. The fraction of sp³-hybridized carbons (Fsp3) is 0.125. The molecular weight excluding hydrogens is 405 g/mol. The van der Waals surface area contributed by atoms with Crippen molar-refractivity contribution in [2.24, 2.45) is 0 Å². The van der Waals surface area contributed by atoms with Crippen LogP contribution in [0, 0.1) is 5.82 Å². The smallest absolute Gasteiger partial charge is 0.327 e. The molecule has 0 aliphatic heterocycles. The number of hydrogen-bond donors (Lipinski definition) is 1. The maximum atomic E-state index is 13.4. The third-order valence-electron chi connectivity index (χ3n) is 3.75. The fourth-order valence-electron chi connectivity index (χ4n) is 2.44. The molecule has 0 saturated heterocycles. The second-order valence-electron chi connectivity index (χ2n) is 5.86. The molecule has 1 N–H and O–H groups in total. The van der Waals surface area contributed by atoms with Gasteiger partial charge in [0.25, 0.3) is 0 Å². The molecule has 4 rings (SSSR count). The number of tetrazole rings is 1. The number of carbonyl (C=O) groups is 1. The minimum atomic E-state index is -1.09. The normalized spacial score (nSPS) is 11.0. The van der Waals surface area contributed by atoms with Gasteiger partial charge in [0.15, 0.2) is 6.54 Å². The molecule has 0 bridgehead atoms. The van der Waals surface area contributed by atoms with Crippen LogP contribution in [-0.4, -0.2) is 56.2 Å². The van der Waals surface area contributed by atoms with Gasteiger partial charge in [-0.3, -0.25) is 9.78 Å². The number of carboxylic acids is 1. The highest BCUT2D eigenvalue weighted by atomic mass is 35.5. The lowest BCUT2D eigenvalue weighted by Gasteiger charge is -2.03. The molecule has 4 aromatic rings. The number of hydrogen-bond acceptors (Lipinski definition) is 8. The lowest BCUT2D eigenvalue weighted by atomic mass is 10.2. The molecule has 3 heterocycles. The molecule has 0 saturated carbocycles. The topological polar surface area (TPSA) is 137 Å². The van der Waals surface area contributed by atoms with Crippen molar-refractivity contribution in [2.45, 2.75) is 13.1 Å². The van der Waals surface area contributed by atoms with E-state index in [-0.39, 0.29) is 18.2 Å². The molecule has 0 spiro atoms. The molecule has 146 valence electrons. The predicted molar refractivity (Wildman–Crippen MR) is 96.0 cm³/mol. The van der Waals surface area contributed by atoms with Crippen LogP contribution < -0.4 is 0 Å². The first-order chi connectivity index (χ1) is 14.0. The SMILES string of the molecule is O=C(O)Cn1nnc(-c2cnc(-c3cn(Cc4cc(F)ccc4Cl)nn3)cn2)n1. The number of nitrogens with zero attached hydrogens (tertiary/aromatic N) is 9. The van der Waals surface area contributed by atoms with E-state index in [4.69, 9.17) is 16.7 Å². The summed E-state index contributed by atoms with van der Waals surface area (Å²) in [7, 11) is 0. The van der Waals surface area contributed by atoms with Gasteiger partial charge in [-0.2, -0.15) is 4.80 Å². The molecule has 13 heteroatoms. The van der Waals surface area contributed by atoms with Gasteiger partial charge in [-0.05, 0) is 29.0 Å². The van der Waals surface area contributed by atoms with E-state index in [1.807, 2.05) is 0 Å². The highest BCUT2D eigenvalue weighted by Gasteiger charge is 2.12. The molecular formula is C16H11ClFN9O2. The molecule has 0 amide bonds. The quantitative estimate of drug-likeness (QED) is 0.494. The average Bonchev–Trinajstić information content (AvgIpc) is 3.34. The Bertz CT molecular complexity index is 1180. The van der Waals surface area contributed by atoms with Crippen LogP contribution in [0.2, 0.25) is 5.02 Å². The van der Waals surface area contributed by atoms with E-state index < -0.39 is 12.5 Å². The molecule has 0 radical (unpaired) electrons. The molecule has 11 nitrogen and oxygen atoms in total. The maximum absolute atomic E-state index is 13.4. The van der Waals surface area contributed by atoms with Crippen molar-refractivity contribution in [2.75, 3.05) is 0 Å². The van der Waals surface area contributed by atoms with E-state index in [2.05, 4.69) is 35.7 Å². The summed E-state index contributed by atoms with van der Waals surface area (Å²) in [6.45, 7) is -0.164. The molecule has 0 aliphatic carbocycles. The van der Waals surface area contributed by atoms with Gasteiger partial charge >= 0.3 is 5.97 Å². The Morgan fingerprint density at radius 3 is 2.66 bits per heavy atom. The Balaban J connectivity index is 1.50. The van der Waals surface area contributed by atoms with E-state index >= 15 is 0 Å². The maximum Gasteiger partial charge on any atom is 0.327 e. The summed E-state index contributed by atoms with van der Waals surface area (Å²) in [5, 5.41) is 28.5. The summed E-state index contributed by atoms with van der Waals surface area (Å²) in [6, 6.07) is 4.10. The van der Waals surface area contributed by atoms with Crippen LogP contribution in [0.3, 0.4) is 0 Å². The summed E-state index contributed by atoms with van der Waals surface area (Å²) >= 11 is 6.07. The lowest BCUT2D eigenvalue weighted by Crippen LogP contribution is -2.11. The van der Waals surface area contributed by atoms with E-state index in [1.54, 1.807) is 6.20 Å². The molecule has 0 fully saturated rings. The van der Waals surface area contributed by atoms with Crippen molar-refractivity contribution >= 4 is 17.6 Å². The van der Waals surface area contributed by atoms with Gasteiger partial charge in [0.1, 0.15) is 22.9 Å². The van der Waals surface area contributed by atoms with Gasteiger partial charge in [0, 0.05) is 5.02 Å². The zero-order valence-electron chi connectivity index (χ0n) is 14.5. The monoisotopic (exact) mass is 415 g/mol. The Kier molecular flexibility index (Phi) is 4.91. The number of rotatable bonds is 6. The number of halogens is 2. The van der Waals surface area contributed by atoms with Crippen LogP contribution >= 0.6 is 11.6 Å². The second-order valence-corrected chi connectivity index (χ2v) is 6.27. The Labute approximate surface area is 166 Å². The van der Waals surface area contributed by atoms with E-state index in [1.165, 1.54) is 35.3 Å². The predicted octanol–water partition coefficient (Wildman–Crippen LogP) is 1.31. The van der Waals surface area contributed by atoms with Crippen LogP contribution in [0.4, 0.5) is 4.39 Å². The standard InChI is InChI=1S/C16H11ClFN9O2/c17-11-2-1-10(18)3-9(11)6-26-7-14(21-24-26)12-4-20-13(5-19-12)16-22-25-27(23-16)8-15(28)29/h1-5,7H,6,8H2,(H,28,29). The van der Waals surface area contributed by atoms with Gasteiger partial charge < -0.3 is 5.11 Å². The molecule has 1 aromatic carbocycles. The summed E-state index contributed by atoms with van der Waals surface area (Å²) in [6.07, 6.45) is 4.50. The van der Waals surface area contributed by atoms with Crippen molar-refractivity contribution in [3.05, 3.63) is 53.2 Å². The molecule has 3 aromatic heterocycles. The zero-order chi connectivity index (χ0) is 20.4. The largest absolute Gasteiger partial charge is 0.480 e. The van der Waals surface area contributed by atoms with Crippen molar-refractivity contribution in [3.63, 3.8) is 0 Å².